The molecule has 0 atom stereocenters. The summed E-state index contributed by atoms with van der Waals surface area (Å²) in [5.41, 5.74) is 0.373. The molecule has 2 nitrogen and oxygen atoms in total. The predicted molar refractivity (Wildman–Crippen MR) is 108 cm³/mol. The molecule has 0 spiro atoms. The van der Waals surface area contributed by atoms with Gasteiger partial charge >= 0.3 is 0 Å². The third-order valence-electron chi connectivity index (χ3n) is 5.70. The van der Waals surface area contributed by atoms with E-state index in [4.69, 9.17) is 0 Å². The smallest absolute Gasteiger partial charge is 0.177 e. The summed E-state index contributed by atoms with van der Waals surface area (Å²) in [6.07, 6.45) is 6.60. The lowest BCUT2D eigenvalue weighted by Gasteiger charge is -2.38. The number of rotatable bonds is 4. The molecule has 1 aliphatic carbocycles. The Bertz CT molecular complexity index is 710. The van der Waals surface area contributed by atoms with Crippen LogP contribution in [0.15, 0.2) is 60.7 Å². The molecule has 26 heavy (non-hydrogen) atoms. The number of nitrogens with zero attached hydrogens (tertiary/aromatic N) is 1. The predicted octanol–water partition coefficient (Wildman–Crippen LogP) is 4.34. The van der Waals surface area contributed by atoms with Crippen molar-refractivity contribution in [2.45, 2.75) is 43.7 Å². The van der Waals surface area contributed by atoms with Gasteiger partial charge in [0, 0.05) is 11.1 Å². The SMILES string of the molecule is C[N+](C)(CC#CC(O)(c1ccccc1)c1ccccc1)C1CCCCC1. The fraction of sp³-hybridized carbons (Fsp3) is 0.417. The molecule has 0 amide bonds. The Morgan fingerprint density at radius 3 is 1.88 bits per heavy atom. The summed E-state index contributed by atoms with van der Waals surface area (Å²) in [7, 11) is 4.55. The second-order valence-corrected chi connectivity index (χ2v) is 7.97. The Balaban J connectivity index is 1.87. The molecule has 2 aromatic carbocycles. The van der Waals surface area contributed by atoms with Crippen molar-refractivity contribution in [3.8, 4) is 11.8 Å². The first kappa shape index (κ1) is 18.7. The number of hydrogen-bond donors (Lipinski definition) is 1. The largest absolute Gasteiger partial charge is 0.369 e. The van der Waals surface area contributed by atoms with Gasteiger partial charge in [0.1, 0.15) is 6.54 Å². The van der Waals surface area contributed by atoms with Crippen LogP contribution in [0.25, 0.3) is 0 Å². The lowest BCUT2D eigenvalue weighted by Crippen LogP contribution is -2.49. The summed E-state index contributed by atoms with van der Waals surface area (Å²) in [5.74, 6) is 6.55. The maximum absolute atomic E-state index is 11.5. The minimum Gasteiger partial charge on any atom is -0.369 e. The first-order valence-electron chi connectivity index (χ1n) is 9.68. The van der Waals surface area contributed by atoms with E-state index < -0.39 is 5.60 Å². The molecule has 2 heteroatoms. The fourth-order valence-electron chi connectivity index (χ4n) is 3.95. The average molecular weight is 349 g/mol. The summed E-state index contributed by atoms with van der Waals surface area (Å²) < 4.78 is 0.909. The first-order valence-corrected chi connectivity index (χ1v) is 9.68. The maximum Gasteiger partial charge on any atom is 0.177 e. The normalized spacial score (nSPS) is 16.0. The Morgan fingerprint density at radius 2 is 1.38 bits per heavy atom. The third-order valence-corrected chi connectivity index (χ3v) is 5.70. The lowest BCUT2D eigenvalue weighted by molar-refractivity contribution is -0.909. The van der Waals surface area contributed by atoms with E-state index in [1.54, 1.807) is 0 Å². The van der Waals surface area contributed by atoms with Gasteiger partial charge in [0.25, 0.3) is 0 Å². The molecule has 0 heterocycles. The second-order valence-electron chi connectivity index (χ2n) is 7.97. The molecule has 1 saturated carbocycles. The van der Waals surface area contributed by atoms with E-state index in [0.29, 0.717) is 6.04 Å². The van der Waals surface area contributed by atoms with E-state index in [1.807, 2.05) is 60.7 Å². The van der Waals surface area contributed by atoms with Crippen molar-refractivity contribution in [2.24, 2.45) is 0 Å². The van der Waals surface area contributed by atoms with E-state index in [1.165, 1.54) is 32.1 Å². The van der Waals surface area contributed by atoms with E-state index >= 15 is 0 Å². The average Bonchev–Trinajstić information content (AvgIpc) is 2.70. The van der Waals surface area contributed by atoms with Crippen molar-refractivity contribution in [3.63, 3.8) is 0 Å². The molecule has 3 rings (SSSR count). The highest BCUT2D eigenvalue weighted by Crippen LogP contribution is 2.29. The van der Waals surface area contributed by atoms with E-state index in [0.717, 1.165) is 22.2 Å². The molecule has 0 aromatic heterocycles. The zero-order chi connectivity index (χ0) is 18.5. The van der Waals surface area contributed by atoms with Crippen LogP contribution in [0.1, 0.15) is 43.2 Å². The minimum absolute atomic E-state index is 0.680. The molecule has 1 fully saturated rings. The summed E-state index contributed by atoms with van der Waals surface area (Å²) in [5, 5.41) is 11.5. The van der Waals surface area contributed by atoms with Crippen LogP contribution in [0.4, 0.5) is 0 Å². The number of aliphatic hydroxyl groups is 1. The van der Waals surface area contributed by atoms with E-state index in [2.05, 4.69) is 25.9 Å². The molecule has 2 aromatic rings. The standard InChI is InChI=1S/C24H30NO/c1-25(2,23-17-10-5-11-18-23)20-12-19-24(26,21-13-6-3-7-14-21)22-15-8-4-9-16-22/h3-4,6-9,13-16,23,26H,5,10-11,17-18,20H2,1-2H3/q+1. The topological polar surface area (TPSA) is 20.2 Å². The van der Waals surface area contributed by atoms with Crippen LogP contribution in [-0.4, -0.2) is 36.3 Å². The van der Waals surface area contributed by atoms with Gasteiger partial charge in [-0.3, -0.25) is 0 Å². The Kier molecular flexibility index (Phi) is 5.81. The number of quaternary nitrogens is 1. The van der Waals surface area contributed by atoms with E-state index in [-0.39, 0.29) is 0 Å². The lowest BCUT2D eigenvalue weighted by atomic mass is 9.87. The molecule has 0 radical (unpaired) electrons. The molecule has 1 aliphatic rings. The molecule has 0 unspecified atom stereocenters. The highest BCUT2D eigenvalue weighted by atomic mass is 16.3. The van der Waals surface area contributed by atoms with Crippen molar-refractivity contribution >= 4 is 0 Å². The van der Waals surface area contributed by atoms with Crippen LogP contribution in [0, 0.1) is 11.8 Å². The van der Waals surface area contributed by atoms with Crippen molar-refractivity contribution in [1.29, 1.82) is 0 Å². The van der Waals surface area contributed by atoms with Crippen molar-refractivity contribution in [2.75, 3.05) is 20.6 Å². The second kappa shape index (κ2) is 8.08. The van der Waals surface area contributed by atoms with Crippen molar-refractivity contribution in [3.05, 3.63) is 71.8 Å². The van der Waals surface area contributed by atoms with Crippen LogP contribution in [0.5, 0.6) is 0 Å². The van der Waals surface area contributed by atoms with Crippen molar-refractivity contribution in [1.82, 2.24) is 0 Å². The van der Waals surface area contributed by atoms with Gasteiger partial charge in [-0.25, -0.2) is 0 Å². The summed E-state index contributed by atoms with van der Waals surface area (Å²) in [6, 6.07) is 20.2. The van der Waals surface area contributed by atoms with Crippen molar-refractivity contribution < 1.29 is 9.59 Å². The molecular weight excluding hydrogens is 318 g/mol. The van der Waals surface area contributed by atoms with Crippen LogP contribution in [0.2, 0.25) is 0 Å². The highest BCUT2D eigenvalue weighted by molar-refractivity contribution is 5.44. The molecule has 0 bridgehead atoms. The van der Waals surface area contributed by atoms with Gasteiger partial charge in [0.05, 0.1) is 20.1 Å². The van der Waals surface area contributed by atoms with Crippen LogP contribution < -0.4 is 0 Å². The fourth-order valence-corrected chi connectivity index (χ4v) is 3.95. The van der Waals surface area contributed by atoms with Gasteiger partial charge in [-0.15, -0.1) is 0 Å². The maximum atomic E-state index is 11.5. The van der Waals surface area contributed by atoms with Gasteiger partial charge in [-0.1, -0.05) is 73.0 Å². The Labute approximate surface area is 158 Å². The van der Waals surface area contributed by atoms with Gasteiger partial charge in [-0.05, 0) is 31.6 Å². The quantitative estimate of drug-likeness (QED) is 0.644. The van der Waals surface area contributed by atoms with Gasteiger partial charge < -0.3 is 9.59 Å². The summed E-state index contributed by atoms with van der Waals surface area (Å²) >= 11 is 0. The summed E-state index contributed by atoms with van der Waals surface area (Å²) in [4.78, 5) is 0. The van der Waals surface area contributed by atoms with Crippen LogP contribution >= 0.6 is 0 Å². The minimum atomic E-state index is -1.27. The molecule has 0 saturated heterocycles. The zero-order valence-corrected chi connectivity index (χ0v) is 16.0. The van der Waals surface area contributed by atoms with Gasteiger partial charge in [-0.2, -0.15) is 0 Å². The van der Waals surface area contributed by atoms with Crippen LogP contribution in [0.3, 0.4) is 0 Å². The monoisotopic (exact) mass is 348 g/mol. The molecule has 1 N–H and O–H groups in total. The van der Waals surface area contributed by atoms with Gasteiger partial charge in [0.2, 0.25) is 0 Å². The Morgan fingerprint density at radius 1 is 0.885 bits per heavy atom. The summed E-state index contributed by atoms with van der Waals surface area (Å²) in [6.45, 7) is 0.757. The van der Waals surface area contributed by atoms with Crippen LogP contribution in [-0.2, 0) is 5.60 Å². The molecule has 0 aliphatic heterocycles. The first-order chi connectivity index (χ1) is 12.5. The molecular formula is C24H30NO+. The third kappa shape index (κ3) is 4.18. The number of benzene rings is 2. The van der Waals surface area contributed by atoms with Gasteiger partial charge in [0.15, 0.2) is 5.60 Å². The Hall–Kier alpha value is -2.08. The van der Waals surface area contributed by atoms with E-state index in [9.17, 15) is 5.11 Å². The number of hydrogen-bond acceptors (Lipinski definition) is 1. The highest BCUT2D eigenvalue weighted by Gasteiger charge is 2.31. The molecule has 136 valence electrons. The zero-order valence-electron chi connectivity index (χ0n) is 16.0.